The van der Waals surface area contributed by atoms with Crippen molar-refractivity contribution in [3.8, 4) is 0 Å². The van der Waals surface area contributed by atoms with Gasteiger partial charge in [-0.1, -0.05) is 11.3 Å². The van der Waals surface area contributed by atoms with E-state index in [4.69, 9.17) is 22.7 Å². The molecular formula is C22H22BrF9N15NaO2S2. The molecule has 0 aliphatic carbocycles. The van der Waals surface area contributed by atoms with Crippen LogP contribution < -0.4 is 52.6 Å². The van der Waals surface area contributed by atoms with Gasteiger partial charge in [0.25, 0.3) is 0 Å². The average Bonchev–Trinajstić information content (AvgIpc) is 3.03. The number of alkyl halides is 9. The second-order valence-electron chi connectivity index (χ2n) is 8.06. The van der Waals surface area contributed by atoms with Crippen molar-refractivity contribution in [3.05, 3.63) is 58.0 Å². The number of nitrogens with zero attached hydrogens (tertiary/aromatic N) is 10. The Morgan fingerprint density at radius 1 is 0.788 bits per heavy atom. The van der Waals surface area contributed by atoms with Crippen LogP contribution in [0, 0.1) is 5.53 Å². The van der Waals surface area contributed by atoms with Crippen LogP contribution >= 0.6 is 27.7 Å². The van der Waals surface area contributed by atoms with Crippen LogP contribution in [0.4, 0.5) is 57.0 Å². The van der Waals surface area contributed by atoms with Gasteiger partial charge in [0.2, 0.25) is 0 Å². The van der Waals surface area contributed by atoms with Gasteiger partial charge >= 0.3 is 54.1 Å². The number of aromatic nitrogens is 3. The number of anilines is 3. The van der Waals surface area contributed by atoms with Gasteiger partial charge in [-0.15, -0.1) is 16.7 Å². The van der Waals surface area contributed by atoms with E-state index in [0.717, 1.165) is 17.8 Å². The van der Waals surface area contributed by atoms with Crippen LogP contribution in [-0.2, 0) is 40.7 Å². The number of halogens is 10. The number of thioether (sulfide) groups is 1. The summed E-state index contributed by atoms with van der Waals surface area (Å²) < 4.78 is 115. The Kier molecular flexibility index (Phi) is 23.3. The summed E-state index contributed by atoms with van der Waals surface area (Å²) in [5.74, 6) is 3.70. The molecule has 0 saturated heterocycles. The maximum atomic E-state index is 12.7. The van der Waals surface area contributed by atoms with Gasteiger partial charge in [-0.05, 0) is 77.6 Å². The van der Waals surface area contributed by atoms with E-state index in [1.807, 2.05) is 0 Å². The van der Waals surface area contributed by atoms with Crippen molar-refractivity contribution in [1.82, 2.24) is 15.0 Å². The number of ether oxygens (including phenoxy) is 1. The molecule has 280 valence electrons. The van der Waals surface area contributed by atoms with Crippen LogP contribution in [0.2, 0.25) is 0 Å². The molecule has 0 bridgehead atoms. The number of methoxy groups -OCH3 is 1. The number of hydrogen-bond acceptors (Lipinski definition) is 12. The molecule has 30 heteroatoms. The summed E-state index contributed by atoms with van der Waals surface area (Å²) in [6.07, 6.45) is -13.5. The first kappa shape index (κ1) is 50.0. The van der Waals surface area contributed by atoms with Crippen molar-refractivity contribution < 1.29 is 78.6 Å². The summed E-state index contributed by atoms with van der Waals surface area (Å²) in [6, 6.07) is 7.38. The molecule has 0 fully saturated rings. The number of nitrogens with two attached hydrogens (primary N) is 4. The van der Waals surface area contributed by atoms with Crippen molar-refractivity contribution in [1.29, 1.82) is 5.53 Å². The average molecular weight is 867 g/mol. The van der Waals surface area contributed by atoms with E-state index in [1.165, 1.54) is 37.4 Å². The monoisotopic (exact) mass is 865 g/mol. The molecule has 3 aromatic rings. The quantitative estimate of drug-likeness (QED) is 0.0325. The van der Waals surface area contributed by atoms with E-state index in [2.05, 4.69) is 90.7 Å². The fraction of sp³-hybridized carbons (Fsp3) is 0.273. The Morgan fingerprint density at radius 3 is 1.67 bits per heavy atom. The predicted octanol–water partition coefficient (Wildman–Crippen LogP) is 4.37. The zero-order chi connectivity index (χ0) is 39.4. The molecule has 3 rings (SSSR count). The van der Waals surface area contributed by atoms with Gasteiger partial charge < -0.3 is 40.4 Å². The third-order valence-corrected chi connectivity index (χ3v) is 6.50. The van der Waals surface area contributed by atoms with Crippen LogP contribution in [0.3, 0.4) is 0 Å². The Morgan fingerprint density at radius 2 is 1.23 bits per heavy atom. The summed E-state index contributed by atoms with van der Waals surface area (Å²) in [5, 5.41) is 19.4. The van der Waals surface area contributed by atoms with Crippen LogP contribution in [0.1, 0.15) is 23.5 Å². The minimum Gasteiger partial charge on any atom is -0.778 e. The van der Waals surface area contributed by atoms with Gasteiger partial charge in [-0.25, -0.2) is 15.0 Å². The predicted molar refractivity (Wildman–Crippen MR) is 166 cm³/mol. The van der Waals surface area contributed by atoms with Crippen molar-refractivity contribution >= 4 is 63.7 Å². The van der Waals surface area contributed by atoms with Crippen molar-refractivity contribution in [2.24, 2.45) is 42.4 Å². The maximum absolute atomic E-state index is 12.7. The number of carbonyl (C=O) groups is 1. The Labute approximate surface area is 326 Å². The van der Waals surface area contributed by atoms with Gasteiger partial charge in [0.15, 0.2) is 11.4 Å². The van der Waals surface area contributed by atoms with Gasteiger partial charge in [0, 0.05) is 15.1 Å². The Balaban J connectivity index is 0. The number of nitrogens with one attached hydrogen (secondary N) is 1. The molecule has 0 aromatic carbocycles. The number of pyridine rings is 3. The molecule has 3 aromatic heterocycles. The van der Waals surface area contributed by atoms with Crippen LogP contribution in [0.5, 0.6) is 0 Å². The van der Waals surface area contributed by atoms with Gasteiger partial charge in [0.1, 0.15) is 23.1 Å². The maximum Gasteiger partial charge on any atom is 1.00 e. The molecule has 0 unspecified atom stereocenters. The first-order chi connectivity index (χ1) is 23.6. The second kappa shape index (κ2) is 24.2. The molecule has 0 aliphatic heterocycles. The Hall–Kier alpha value is -4.06. The smallest absolute Gasteiger partial charge is 0.778 e. The molecule has 0 atom stereocenters. The van der Waals surface area contributed by atoms with E-state index in [9.17, 15) is 44.3 Å². The van der Waals surface area contributed by atoms with Crippen LogP contribution in [0.15, 0.2) is 87.2 Å². The first-order valence-corrected chi connectivity index (χ1v) is 14.6. The zero-order valence-electron chi connectivity index (χ0n) is 26.1. The molecule has 0 aliphatic rings. The van der Waals surface area contributed by atoms with Crippen molar-refractivity contribution in [2.75, 3.05) is 30.1 Å². The normalized spacial score (nSPS) is 11.4. The third kappa shape index (κ3) is 20.7. The summed E-state index contributed by atoms with van der Waals surface area (Å²) >= 11 is 8.04. The molecule has 3 heterocycles. The summed E-state index contributed by atoms with van der Waals surface area (Å²) in [6.45, 7) is 0. The molecule has 0 amide bonds. The van der Waals surface area contributed by atoms with Crippen LogP contribution in [0.25, 0.3) is 0 Å². The van der Waals surface area contributed by atoms with E-state index in [-0.39, 0.29) is 73.4 Å². The minimum atomic E-state index is -4.57. The summed E-state index contributed by atoms with van der Waals surface area (Å²) in [5.41, 5.74) is 18.3. The van der Waals surface area contributed by atoms with Gasteiger partial charge in [-0.2, -0.15) is 45.0 Å². The standard InChI is InChI=1S/C10H11F3N2O2S.C6H4BrF3N2.C6H5F3N2S.H3N9.Na/c1-17-8(16)4-5-18-6-2-3-7(14)15-9(6)10(11,12)13;7-3-1-2-4(11)12-5(3)6(8,9)10;7-6(8,9)5-3(12)1-2-4(10)11-5;1-3-5-7-9-8-6-4-2;/h2-3H,4-5H2,1H3,(H2,14,15);1-2H,(H2,11,12);1-2,12H,(H2,10,11);(H3,1,2,5,6,9);/q;;;;+1/p-1. The van der Waals surface area contributed by atoms with Crippen LogP contribution in [-0.4, -0.2) is 33.8 Å². The number of esters is 1. The summed E-state index contributed by atoms with van der Waals surface area (Å²) in [4.78, 5) is 20.0. The topological polar surface area (TPSA) is 279 Å². The van der Waals surface area contributed by atoms with E-state index >= 15 is 0 Å². The minimum absolute atomic E-state index is 0. The zero-order valence-corrected chi connectivity index (χ0v) is 31.3. The molecule has 0 spiro atoms. The Bertz CT molecular complexity index is 1610. The van der Waals surface area contributed by atoms with E-state index < -0.39 is 41.6 Å². The number of nitrogen functional groups attached to an aromatic ring is 3. The molecule has 0 radical (unpaired) electrons. The number of rotatable bonds is 7. The molecule has 17 nitrogen and oxygen atoms in total. The number of carbonyl (C=O) groups excluding carboxylic acids is 1. The summed E-state index contributed by atoms with van der Waals surface area (Å²) in [7, 11) is 1.22. The van der Waals surface area contributed by atoms with Crippen molar-refractivity contribution in [2.45, 2.75) is 34.7 Å². The fourth-order valence-corrected chi connectivity index (χ4v) is 4.17. The second-order valence-corrected chi connectivity index (χ2v) is 10.5. The number of hydrogen-bond donors (Lipinski definition) is 5. The molecular weight excluding hydrogens is 844 g/mol. The molecule has 0 saturated carbocycles. The van der Waals surface area contributed by atoms with Gasteiger partial charge in [0.05, 0.1) is 13.5 Å². The first-order valence-electron chi connectivity index (χ1n) is 12.4. The van der Waals surface area contributed by atoms with Gasteiger partial charge in [-0.3, -0.25) is 4.79 Å². The molecule has 9 N–H and O–H groups in total. The van der Waals surface area contributed by atoms with E-state index in [0.29, 0.717) is 0 Å². The molecule has 52 heavy (non-hydrogen) atoms. The van der Waals surface area contributed by atoms with E-state index in [1.54, 1.807) is 0 Å². The van der Waals surface area contributed by atoms with Crippen molar-refractivity contribution in [3.63, 3.8) is 0 Å². The SMILES string of the molecule is COC(=O)CCSc1ccc(N)nc1C(F)(F)F.N=N/N=N/N=N/N=N/N.Nc1ccc(Br)c(C(F)(F)F)n1.Nc1ccc([S-])c(C(F)(F)F)n1.[Na+]. The fourth-order valence-electron chi connectivity index (χ4n) is 2.54. The largest absolute Gasteiger partial charge is 1.00 e. The third-order valence-electron chi connectivity index (χ3n) is 4.48.